The number of benzene rings is 2. The number of anilines is 1. The van der Waals surface area contributed by atoms with E-state index in [1.165, 1.54) is 0 Å². The number of aryl methyl sites for hydroxylation is 1. The van der Waals surface area contributed by atoms with Crippen molar-refractivity contribution in [2.45, 2.75) is 6.92 Å². The van der Waals surface area contributed by atoms with E-state index < -0.39 is 0 Å². The van der Waals surface area contributed by atoms with Gasteiger partial charge in [0.15, 0.2) is 0 Å². The fraction of sp³-hybridized carbons (Fsp3) is 0.0769. The van der Waals surface area contributed by atoms with E-state index >= 15 is 0 Å². The molecular weight excluding hydrogens is 302 g/mol. The SMILES string of the molecule is Cc1cc(Br)cc(-c2ccc(N)cc2O)c1.Cl. The summed E-state index contributed by atoms with van der Waals surface area (Å²) in [6.07, 6.45) is 0. The maximum atomic E-state index is 9.83. The van der Waals surface area contributed by atoms with Gasteiger partial charge >= 0.3 is 0 Å². The van der Waals surface area contributed by atoms with Crippen LogP contribution >= 0.6 is 28.3 Å². The maximum Gasteiger partial charge on any atom is 0.125 e. The number of hydrogen-bond donors (Lipinski definition) is 2. The summed E-state index contributed by atoms with van der Waals surface area (Å²) >= 11 is 3.44. The number of phenols is 1. The molecule has 90 valence electrons. The summed E-state index contributed by atoms with van der Waals surface area (Å²) in [5, 5.41) is 9.83. The van der Waals surface area contributed by atoms with Gasteiger partial charge in [0.25, 0.3) is 0 Å². The first-order chi connectivity index (χ1) is 7.56. The summed E-state index contributed by atoms with van der Waals surface area (Å²) in [5.74, 6) is 0.206. The lowest BCUT2D eigenvalue weighted by Crippen LogP contribution is -1.86. The monoisotopic (exact) mass is 313 g/mol. The van der Waals surface area contributed by atoms with Gasteiger partial charge in [-0.05, 0) is 42.3 Å². The highest BCUT2D eigenvalue weighted by molar-refractivity contribution is 9.10. The minimum atomic E-state index is 0. The topological polar surface area (TPSA) is 46.2 Å². The van der Waals surface area contributed by atoms with Crippen molar-refractivity contribution < 1.29 is 5.11 Å². The van der Waals surface area contributed by atoms with Crippen LogP contribution < -0.4 is 5.73 Å². The molecule has 0 saturated carbocycles. The molecule has 0 spiro atoms. The van der Waals surface area contributed by atoms with Gasteiger partial charge in [0.1, 0.15) is 5.75 Å². The molecule has 0 heterocycles. The molecule has 2 nitrogen and oxygen atoms in total. The molecule has 0 saturated heterocycles. The molecule has 3 N–H and O–H groups in total. The normalized spacial score (nSPS) is 9.76. The molecule has 0 amide bonds. The number of phenolic OH excluding ortho intramolecular Hbond substituents is 1. The van der Waals surface area contributed by atoms with Crippen LogP contribution in [0, 0.1) is 6.92 Å². The number of hydrogen-bond acceptors (Lipinski definition) is 2. The van der Waals surface area contributed by atoms with Gasteiger partial charge in [0, 0.05) is 21.8 Å². The zero-order valence-corrected chi connectivity index (χ0v) is 11.7. The van der Waals surface area contributed by atoms with E-state index in [0.717, 1.165) is 21.2 Å². The number of aromatic hydroxyl groups is 1. The van der Waals surface area contributed by atoms with Gasteiger partial charge in [-0.2, -0.15) is 0 Å². The molecule has 0 bridgehead atoms. The molecule has 0 fully saturated rings. The lowest BCUT2D eigenvalue weighted by atomic mass is 10.0. The molecule has 0 aliphatic carbocycles. The van der Waals surface area contributed by atoms with Crippen molar-refractivity contribution in [2.24, 2.45) is 0 Å². The van der Waals surface area contributed by atoms with Gasteiger partial charge in [-0.3, -0.25) is 0 Å². The molecular formula is C13H13BrClNO. The van der Waals surface area contributed by atoms with Crippen molar-refractivity contribution in [1.29, 1.82) is 0 Å². The average Bonchev–Trinajstić information content (AvgIpc) is 2.15. The van der Waals surface area contributed by atoms with Crippen LogP contribution in [0.5, 0.6) is 5.75 Å². The Hall–Kier alpha value is -1.19. The molecule has 2 rings (SSSR count). The minimum Gasteiger partial charge on any atom is -0.507 e. The van der Waals surface area contributed by atoms with Crippen LogP contribution in [-0.4, -0.2) is 5.11 Å². The van der Waals surface area contributed by atoms with Crippen molar-refractivity contribution in [3.8, 4) is 16.9 Å². The van der Waals surface area contributed by atoms with Crippen molar-refractivity contribution in [3.05, 3.63) is 46.4 Å². The van der Waals surface area contributed by atoms with E-state index in [0.29, 0.717) is 5.69 Å². The second kappa shape index (κ2) is 5.43. The lowest BCUT2D eigenvalue weighted by molar-refractivity contribution is 0.477. The molecule has 0 atom stereocenters. The molecule has 2 aromatic carbocycles. The third-order valence-corrected chi connectivity index (χ3v) is 2.83. The Morgan fingerprint density at radius 2 is 1.82 bits per heavy atom. The predicted molar refractivity (Wildman–Crippen MR) is 77.6 cm³/mol. The molecule has 17 heavy (non-hydrogen) atoms. The van der Waals surface area contributed by atoms with E-state index in [4.69, 9.17) is 5.73 Å². The van der Waals surface area contributed by atoms with Crippen LogP contribution in [0.2, 0.25) is 0 Å². The standard InChI is InChI=1S/C13H12BrNO.ClH/c1-8-4-9(6-10(14)5-8)12-3-2-11(15)7-13(12)16;/h2-7,16H,15H2,1H3;1H. The summed E-state index contributed by atoms with van der Waals surface area (Å²) in [6.45, 7) is 2.02. The number of nitrogens with two attached hydrogens (primary N) is 1. The first kappa shape index (κ1) is 13.9. The van der Waals surface area contributed by atoms with Crippen molar-refractivity contribution >= 4 is 34.0 Å². The van der Waals surface area contributed by atoms with Crippen LogP contribution in [0.1, 0.15) is 5.56 Å². The van der Waals surface area contributed by atoms with E-state index in [-0.39, 0.29) is 18.2 Å². The predicted octanol–water partition coefficient (Wildman–Crippen LogP) is 4.13. The summed E-state index contributed by atoms with van der Waals surface area (Å²) in [4.78, 5) is 0. The van der Waals surface area contributed by atoms with Crippen LogP contribution in [0.3, 0.4) is 0 Å². The Kier molecular flexibility index (Phi) is 4.43. The van der Waals surface area contributed by atoms with Gasteiger partial charge in [-0.1, -0.05) is 22.0 Å². The number of nitrogen functional groups attached to an aromatic ring is 1. The second-order valence-corrected chi connectivity index (χ2v) is 4.71. The molecule has 0 unspecified atom stereocenters. The van der Waals surface area contributed by atoms with Gasteiger partial charge in [-0.15, -0.1) is 12.4 Å². The van der Waals surface area contributed by atoms with Crippen LogP contribution in [-0.2, 0) is 0 Å². The highest BCUT2D eigenvalue weighted by Gasteiger charge is 2.05. The van der Waals surface area contributed by atoms with Crippen molar-refractivity contribution in [3.63, 3.8) is 0 Å². The smallest absolute Gasteiger partial charge is 0.125 e. The first-order valence-corrected chi connectivity index (χ1v) is 5.71. The maximum absolute atomic E-state index is 9.83. The fourth-order valence-corrected chi connectivity index (χ4v) is 2.29. The van der Waals surface area contributed by atoms with Crippen LogP contribution in [0.4, 0.5) is 5.69 Å². The second-order valence-electron chi connectivity index (χ2n) is 3.79. The van der Waals surface area contributed by atoms with Gasteiger partial charge in [-0.25, -0.2) is 0 Å². The molecule has 2 aromatic rings. The molecule has 0 aromatic heterocycles. The van der Waals surface area contributed by atoms with Gasteiger partial charge < -0.3 is 10.8 Å². The van der Waals surface area contributed by atoms with E-state index in [2.05, 4.69) is 15.9 Å². The molecule has 0 radical (unpaired) electrons. The number of rotatable bonds is 1. The van der Waals surface area contributed by atoms with E-state index in [1.807, 2.05) is 31.2 Å². The largest absolute Gasteiger partial charge is 0.507 e. The Labute approximate surface area is 115 Å². The first-order valence-electron chi connectivity index (χ1n) is 4.92. The number of halogens is 2. The molecule has 0 aliphatic heterocycles. The van der Waals surface area contributed by atoms with Gasteiger partial charge in [0.2, 0.25) is 0 Å². The summed E-state index contributed by atoms with van der Waals surface area (Å²) < 4.78 is 0.999. The quantitative estimate of drug-likeness (QED) is 0.777. The summed E-state index contributed by atoms with van der Waals surface area (Å²) in [5.41, 5.74) is 9.07. The Morgan fingerprint density at radius 3 is 2.41 bits per heavy atom. The zero-order chi connectivity index (χ0) is 11.7. The lowest BCUT2D eigenvalue weighted by Gasteiger charge is -2.07. The third kappa shape index (κ3) is 3.14. The minimum absolute atomic E-state index is 0. The summed E-state index contributed by atoms with van der Waals surface area (Å²) in [7, 11) is 0. The molecule has 4 heteroatoms. The van der Waals surface area contributed by atoms with E-state index in [1.54, 1.807) is 12.1 Å². The van der Waals surface area contributed by atoms with Gasteiger partial charge in [0.05, 0.1) is 0 Å². The fourth-order valence-electron chi connectivity index (χ4n) is 1.68. The van der Waals surface area contributed by atoms with Crippen molar-refractivity contribution in [1.82, 2.24) is 0 Å². The van der Waals surface area contributed by atoms with Crippen LogP contribution in [0.15, 0.2) is 40.9 Å². The summed E-state index contributed by atoms with van der Waals surface area (Å²) in [6, 6.07) is 11.2. The Bertz CT molecular complexity index is 523. The highest BCUT2D eigenvalue weighted by Crippen LogP contribution is 2.32. The van der Waals surface area contributed by atoms with E-state index in [9.17, 15) is 5.11 Å². The highest BCUT2D eigenvalue weighted by atomic mass is 79.9. The third-order valence-electron chi connectivity index (χ3n) is 2.37. The van der Waals surface area contributed by atoms with Crippen molar-refractivity contribution in [2.75, 3.05) is 5.73 Å². The van der Waals surface area contributed by atoms with Crippen LogP contribution in [0.25, 0.3) is 11.1 Å². The zero-order valence-electron chi connectivity index (χ0n) is 9.27. The Morgan fingerprint density at radius 1 is 1.12 bits per heavy atom. The molecule has 0 aliphatic rings. The average molecular weight is 315 g/mol. The Balaban J connectivity index is 0.00000144.